The summed E-state index contributed by atoms with van der Waals surface area (Å²) >= 11 is 0. The minimum Gasteiger partial charge on any atom is -0.462 e. The van der Waals surface area contributed by atoms with E-state index in [0.29, 0.717) is 12.2 Å². The number of carbonyl (C=O) groups is 1. The van der Waals surface area contributed by atoms with Gasteiger partial charge in [0, 0.05) is 19.0 Å². The summed E-state index contributed by atoms with van der Waals surface area (Å²) in [5, 5.41) is 3.10. The van der Waals surface area contributed by atoms with Crippen molar-refractivity contribution in [1.29, 1.82) is 0 Å². The number of nitrogens with zero attached hydrogens (tertiary/aromatic N) is 1. The van der Waals surface area contributed by atoms with Crippen molar-refractivity contribution < 1.29 is 9.53 Å². The Morgan fingerprint density at radius 2 is 1.96 bits per heavy atom. The molecule has 1 aromatic rings. The molecule has 23 heavy (non-hydrogen) atoms. The number of nitrogens with two attached hydrogens (primary N) is 2. The average Bonchev–Trinajstić information content (AvgIpc) is 2.51. The summed E-state index contributed by atoms with van der Waals surface area (Å²) in [5.74, 6) is 0. The number of benzene rings is 1. The first-order valence-corrected chi connectivity index (χ1v) is 7.35. The number of hydrogen-bond donors (Lipinski definition) is 3. The van der Waals surface area contributed by atoms with Crippen molar-refractivity contribution in [3.8, 4) is 0 Å². The molecule has 1 atom stereocenters. The number of carbonyl (C=O) groups excluding carboxylic acids is 1. The maximum atomic E-state index is 9.60. The third kappa shape index (κ3) is 11.0. The number of nitrogens with one attached hydrogen (secondary N) is 1. The second-order valence-electron chi connectivity index (χ2n) is 5.76. The molecule has 0 aliphatic heterocycles. The highest BCUT2D eigenvalue weighted by Crippen LogP contribution is 2.15. The van der Waals surface area contributed by atoms with Crippen LogP contribution in [0, 0.1) is 0 Å². The van der Waals surface area contributed by atoms with E-state index >= 15 is 0 Å². The van der Waals surface area contributed by atoms with Gasteiger partial charge in [0.1, 0.15) is 5.60 Å². The number of rotatable bonds is 6. The molecule has 1 unspecified atom stereocenters. The van der Waals surface area contributed by atoms with Gasteiger partial charge in [0.2, 0.25) is 0 Å². The number of likely N-dealkylation sites (N-methyl/N-ethyl adjacent to an activating group) is 1. The lowest BCUT2D eigenvalue weighted by molar-refractivity contribution is -0.138. The smallest absolute Gasteiger partial charge is 0.293 e. The Balaban J connectivity index is 0.000000585. The van der Waals surface area contributed by atoms with Gasteiger partial charge >= 0.3 is 0 Å². The first kappa shape index (κ1) is 20.7. The van der Waals surface area contributed by atoms with E-state index in [1.807, 2.05) is 58.2 Å². The van der Waals surface area contributed by atoms with Crippen molar-refractivity contribution >= 4 is 12.7 Å². The molecular weight excluding hydrogens is 292 g/mol. The van der Waals surface area contributed by atoms with Crippen molar-refractivity contribution in [3.05, 3.63) is 47.8 Å². The zero-order chi connectivity index (χ0) is 17.7. The molecule has 0 spiro atoms. The van der Waals surface area contributed by atoms with Gasteiger partial charge in [-0.1, -0.05) is 30.3 Å². The zero-order valence-corrected chi connectivity index (χ0v) is 14.3. The lowest BCUT2D eigenvalue weighted by Gasteiger charge is -2.14. The fraction of sp³-hybridized carbons (Fsp3) is 0.412. The minimum absolute atomic E-state index is 0.0599. The van der Waals surface area contributed by atoms with E-state index < -0.39 is 0 Å². The zero-order valence-electron chi connectivity index (χ0n) is 14.3. The van der Waals surface area contributed by atoms with Gasteiger partial charge in [0.05, 0.1) is 11.7 Å². The van der Waals surface area contributed by atoms with Crippen LogP contribution in [0.4, 0.5) is 0 Å². The largest absolute Gasteiger partial charge is 0.462 e. The van der Waals surface area contributed by atoms with E-state index in [1.54, 1.807) is 6.21 Å². The monoisotopic (exact) mass is 320 g/mol. The van der Waals surface area contributed by atoms with Gasteiger partial charge in [-0.15, -0.1) is 0 Å². The Morgan fingerprint density at radius 1 is 1.35 bits per heavy atom. The third-order valence-corrected chi connectivity index (χ3v) is 2.58. The first-order chi connectivity index (χ1) is 10.8. The molecule has 0 saturated heterocycles. The number of ether oxygens (including phenoxy) is 1. The van der Waals surface area contributed by atoms with Gasteiger partial charge in [-0.05, 0) is 33.4 Å². The molecule has 0 radical (unpaired) electrons. The van der Waals surface area contributed by atoms with Crippen LogP contribution < -0.4 is 16.8 Å². The lowest BCUT2D eigenvalue weighted by Crippen LogP contribution is -2.17. The summed E-state index contributed by atoms with van der Waals surface area (Å²) < 4.78 is 4.55. The summed E-state index contributed by atoms with van der Waals surface area (Å²) in [6.07, 6.45) is 2.93. The van der Waals surface area contributed by atoms with E-state index in [-0.39, 0.29) is 11.6 Å². The molecule has 0 aliphatic carbocycles. The van der Waals surface area contributed by atoms with Crippen LogP contribution in [0.3, 0.4) is 0 Å². The predicted octanol–water partition coefficient (Wildman–Crippen LogP) is 1.73. The van der Waals surface area contributed by atoms with Crippen LogP contribution in [-0.4, -0.2) is 31.9 Å². The maximum absolute atomic E-state index is 9.60. The summed E-state index contributed by atoms with van der Waals surface area (Å²) in [4.78, 5) is 14.0. The third-order valence-electron chi connectivity index (χ3n) is 2.58. The van der Waals surface area contributed by atoms with Gasteiger partial charge < -0.3 is 21.5 Å². The molecule has 0 heterocycles. The normalized spacial score (nSPS) is 13.1. The van der Waals surface area contributed by atoms with E-state index in [2.05, 4.69) is 15.0 Å². The number of allylic oxidation sites excluding steroid dienone is 1. The second kappa shape index (κ2) is 11.3. The van der Waals surface area contributed by atoms with E-state index in [4.69, 9.17) is 11.5 Å². The molecule has 0 aliphatic rings. The Kier molecular flexibility index (Phi) is 10.1. The minimum atomic E-state index is -0.318. The molecule has 0 saturated carbocycles. The van der Waals surface area contributed by atoms with E-state index in [9.17, 15) is 4.79 Å². The van der Waals surface area contributed by atoms with Crippen molar-refractivity contribution in [1.82, 2.24) is 5.32 Å². The second-order valence-corrected chi connectivity index (χ2v) is 5.76. The van der Waals surface area contributed by atoms with Crippen LogP contribution in [0.25, 0.3) is 0 Å². The maximum Gasteiger partial charge on any atom is 0.293 e. The highest BCUT2D eigenvalue weighted by atomic mass is 16.5. The SMILES string of the molecule is CC(C)(C)OC=O.CNCC(N=C/C(N)=C\N)c1ccccc1. The Hall–Kier alpha value is -2.34. The molecule has 6 nitrogen and oxygen atoms in total. The molecule has 1 rings (SSSR count). The molecule has 0 aromatic heterocycles. The lowest BCUT2D eigenvalue weighted by atomic mass is 10.1. The molecule has 5 N–H and O–H groups in total. The van der Waals surface area contributed by atoms with Gasteiger partial charge in [0.15, 0.2) is 0 Å². The summed E-state index contributed by atoms with van der Waals surface area (Å²) in [7, 11) is 1.90. The fourth-order valence-corrected chi connectivity index (χ4v) is 1.49. The summed E-state index contributed by atoms with van der Waals surface area (Å²) in [6.45, 7) is 6.68. The molecule has 0 fully saturated rings. The van der Waals surface area contributed by atoms with E-state index in [1.165, 1.54) is 6.20 Å². The molecule has 6 heteroatoms. The van der Waals surface area contributed by atoms with Gasteiger partial charge in [0.25, 0.3) is 6.47 Å². The first-order valence-electron chi connectivity index (χ1n) is 7.35. The highest BCUT2D eigenvalue weighted by molar-refractivity contribution is 5.77. The average molecular weight is 320 g/mol. The van der Waals surface area contributed by atoms with Crippen molar-refractivity contribution in [2.24, 2.45) is 16.5 Å². The quantitative estimate of drug-likeness (QED) is 0.547. The standard InChI is InChI=1S/C12H18N4.C5H10O2/c1-15-9-12(16-8-11(14)7-13)10-5-3-2-4-6-10;1-5(2,3)7-4-6/h2-8,12,15H,9,13-14H2,1H3;4H,1-3H3/b11-7+,16-8?;. The van der Waals surface area contributed by atoms with Crippen LogP contribution in [-0.2, 0) is 9.53 Å². The molecule has 0 amide bonds. The Morgan fingerprint density at radius 3 is 2.35 bits per heavy atom. The Labute approximate surface area is 138 Å². The van der Waals surface area contributed by atoms with Gasteiger partial charge in [-0.25, -0.2) is 0 Å². The van der Waals surface area contributed by atoms with Crippen LogP contribution >= 0.6 is 0 Å². The van der Waals surface area contributed by atoms with E-state index in [0.717, 1.165) is 12.1 Å². The number of aliphatic imine (C=N–C) groups is 1. The van der Waals surface area contributed by atoms with Crippen LogP contribution in [0.1, 0.15) is 32.4 Å². The highest BCUT2D eigenvalue weighted by Gasteiger charge is 2.07. The Bertz CT molecular complexity index is 493. The van der Waals surface area contributed by atoms with Crippen molar-refractivity contribution in [2.75, 3.05) is 13.6 Å². The van der Waals surface area contributed by atoms with Crippen LogP contribution in [0.5, 0.6) is 0 Å². The molecule has 128 valence electrons. The predicted molar refractivity (Wildman–Crippen MR) is 95.0 cm³/mol. The van der Waals surface area contributed by atoms with Gasteiger partial charge in [-0.2, -0.15) is 0 Å². The van der Waals surface area contributed by atoms with Crippen LogP contribution in [0.15, 0.2) is 47.2 Å². The summed E-state index contributed by atoms with van der Waals surface area (Å²) in [5.41, 5.74) is 12.1. The summed E-state index contributed by atoms with van der Waals surface area (Å²) in [6, 6.07) is 10.1. The van der Waals surface area contributed by atoms with Crippen molar-refractivity contribution in [2.45, 2.75) is 32.4 Å². The molecular formula is C17H28N4O2. The van der Waals surface area contributed by atoms with Crippen LogP contribution in [0.2, 0.25) is 0 Å². The molecule has 1 aromatic carbocycles. The number of hydrogen-bond acceptors (Lipinski definition) is 6. The molecule has 0 bridgehead atoms. The van der Waals surface area contributed by atoms with Crippen molar-refractivity contribution in [3.63, 3.8) is 0 Å². The van der Waals surface area contributed by atoms with Gasteiger partial charge in [-0.3, -0.25) is 9.79 Å². The topological polar surface area (TPSA) is 103 Å². The fourth-order valence-electron chi connectivity index (χ4n) is 1.49.